The summed E-state index contributed by atoms with van der Waals surface area (Å²) in [4.78, 5) is 28.6. The highest BCUT2D eigenvalue weighted by molar-refractivity contribution is 9.09. The van der Waals surface area contributed by atoms with Gasteiger partial charge in [-0.25, -0.2) is 9.59 Å². The largest absolute Gasteiger partial charge is 0.461 e. The molecule has 0 bridgehead atoms. The summed E-state index contributed by atoms with van der Waals surface area (Å²) in [6.45, 7) is 0.0291. The molecule has 142 valence electrons. The molecule has 0 N–H and O–H groups in total. The van der Waals surface area contributed by atoms with E-state index in [9.17, 15) is 9.59 Å². The van der Waals surface area contributed by atoms with Crippen molar-refractivity contribution in [1.82, 2.24) is 0 Å². The molecule has 0 aliphatic carbocycles. The van der Waals surface area contributed by atoms with Gasteiger partial charge in [-0.3, -0.25) is 0 Å². The number of ether oxygens (including phenoxy) is 2. The zero-order chi connectivity index (χ0) is 19.5. The fourth-order valence-corrected chi connectivity index (χ4v) is 2.65. The van der Waals surface area contributed by atoms with Crippen LogP contribution in [0, 0.1) is 0 Å². The van der Waals surface area contributed by atoms with Crippen molar-refractivity contribution < 1.29 is 23.9 Å². The van der Waals surface area contributed by atoms with E-state index in [1.807, 2.05) is 12.1 Å². The smallest absolute Gasteiger partial charge is 0.338 e. The van der Waals surface area contributed by atoms with E-state index < -0.39 is 22.9 Å². The number of benzene rings is 2. The monoisotopic (exact) mass is 433 g/mol. The number of carbonyl (C=O) groups is 2. The van der Waals surface area contributed by atoms with Crippen molar-refractivity contribution in [3.05, 3.63) is 71.8 Å². The first-order valence-electron chi connectivity index (χ1n) is 8.29. The standard InChI is InChI=1S/C20H20BrNO5/c1-25-22-13-12-18(27-20(24)16-10-6-3-7-11-16)17(21)14-26-19(23)15-8-4-2-5-9-15/h2-11,13,17-18H,12,14H2,1H3/b22-13+/t17-,18-/m0/s1. The van der Waals surface area contributed by atoms with Crippen molar-refractivity contribution in [3.8, 4) is 0 Å². The minimum Gasteiger partial charge on any atom is -0.461 e. The molecule has 27 heavy (non-hydrogen) atoms. The molecule has 2 aromatic rings. The highest BCUT2D eigenvalue weighted by atomic mass is 79.9. The van der Waals surface area contributed by atoms with E-state index in [0.717, 1.165) is 0 Å². The minimum atomic E-state index is -0.597. The maximum Gasteiger partial charge on any atom is 0.338 e. The lowest BCUT2D eigenvalue weighted by molar-refractivity contribution is 0.0231. The van der Waals surface area contributed by atoms with E-state index in [1.165, 1.54) is 13.3 Å². The van der Waals surface area contributed by atoms with Gasteiger partial charge in [0.1, 0.15) is 19.8 Å². The third-order valence-corrected chi connectivity index (χ3v) is 4.43. The van der Waals surface area contributed by atoms with Gasteiger partial charge in [0.05, 0.1) is 16.0 Å². The van der Waals surface area contributed by atoms with Gasteiger partial charge >= 0.3 is 11.9 Å². The fourth-order valence-electron chi connectivity index (χ4n) is 2.19. The molecule has 0 saturated carbocycles. The molecular formula is C20H20BrNO5. The van der Waals surface area contributed by atoms with Crippen LogP contribution in [-0.4, -0.2) is 42.8 Å². The summed E-state index contributed by atoms with van der Waals surface area (Å²) >= 11 is 3.44. The average molecular weight is 434 g/mol. The number of halogens is 1. The lowest BCUT2D eigenvalue weighted by Gasteiger charge is -2.21. The van der Waals surface area contributed by atoms with Gasteiger partial charge in [-0.2, -0.15) is 0 Å². The number of rotatable bonds is 9. The summed E-state index contributed by atoms with van der Waals surface area (Å²) in [5.74, 6) is -0.913. The molecule has 0 aliphatic rings. The van der Waals surface area contributed by atoms with E-state index in [-0.39, 0.29) is 6.61 Å². The molecule has 0 spiro atoms. The summed E-state index contributed by atoms with van der Waals surface area (Å²) < 4.78 is 10.9. The molecule has 2 atom stereocenters. The quantitative estimate of drug-likeness (QED) is 0.259. The number of hydrogen-bond donors (Lipinski definition) is 0. The zero-order valence-electron chi connectivity index (χ0n) is 14.8. The minimum absolute atomic E-state index is 0.0291. The van der Waals surface area contributed by atoms with Gasteiger partial charge in [0, 0.05) is 12.6 Å². The van der Waals surface area contributed by atoms with Crippen molar-refractivity contribution >= 4 is 34.1 Å². The third kappa shape index (κ3) is 6.86. The molecule has 0 aliphatic heterocycles. The van der Waals surface area contributed by atoms with Crippen LogP contribution in [0.25, 0.3) is 0 Å². The van der Waals surface area contributed by atoms with Gasteiger partial charge < -0.3 is 14.3 Å². The molecule has 6 nitrogen and oxygen atoms in total. The normalized spacial score (nSPS) is 13.0. The Morgan fingerprint density at radius 3 is 2.11 bits per heavy atom. The van der Waals surface area contributed by atoms with Crippen molar-refractivity contribution in [2.24, 2.45) is 5.16 Å². The molecule has 0 radical (unpaired) electrons. The Hall–Kier alpha value is -2.67. The van der Waals surface area contributed by atoms with Crippen LogP contribution >= 0.6 is 15.9 Å². The highest BCUT2D eigenvalue weighted by Crippen LogP contribution is 2.17. The predicted octanol–water partition coefficient (Wildman–Crippen LogP) is 3.85. The summed E-state index contributed by atoms with van der Waals surface area (Å²) in [6, 6.07) is 17.3. The van der Waals surface area contributed by atoms with Crippen molar-refractivity contribution in [1.29, 1.82) is 0 Å². The molecular weight excluding hydrogens is 414 g/mol. The summed E-state index contributed by atoms with van der Waals surface area (Å²) in [5, 5.41) is 3.67. The second kappa shape index (κ2) is 11.1. The fraction of sp³-hybridized carbons (Fsp3) is 0.250. The van der Waals surface area contributed by atoms with Crippen molar-refractivity contribution in [2.45, 2.75) is 17.4 Å². The van der Waals surface area contributed by atoms with E-state index in [4.69, 9.17) is 9.47 Å². The van der Waals surface area contributed by atoms with E-state index >= 15 is 0 Å². The number of alkyl halides is 1. The van der Waals surface area contributed by atoms with Crippen LogP contribution in [-0.2, 0) is 14.3 Å². The van der Waals surface area contributed by atoms with Gasteiger partial charge in [-0.15, -0.1) is 0 Å². The Bertz CT molecular complexity index is 751. The van der Waals surface area contributed by atoms with Crippen molar-refractivity contribution in [2.75, 3.05) is 13.7 Å². The number of esters is 2. The van der Waals surface area contributed by atoms with Crippen molar-refractivity contribution in [3.63, 3.8) is 0 Å². The molecule has 7 heteroatoms. The number of hydrogen-bond acceptors (Lipinski definition) is 6. The second-order valence-electron chi connectivity index (χ2n) is 5.50. The summed E-state index contributed by atoms with van der Waals surface area (Å²) in [5.41, 5.74) is 0.892. The van der Waals surface area contributed by atoms with E-state index in [0.29, 0.717) is 17.5 Å². The van der Waals surface area contributed by atoms with Gasteiger partial charge in [0.15, 0.2) is 0 Å². The summed E-state index contributed by atoms with van der Waals surface area (Å²) in [7, 11) is 1.43. The molecule has 2 aromatic carbocycles. The average Bonchev–Trinajstić information content (AvgIpc) is 2.72. The number of oxime groups is 1. The van der Waals surface area contributed by atoms with Crippen LogP contribution in [0.5, 0.6) is 0 Å². The van der Waals surface area contributed by atoms with Crippen LogP contribution in [0.2, 0.25) is 0 Å². The van der Waals surface area contributed by atoms with E-state index in [1.54, 1.807) is 48.5 Å². The molecule has 2 rings (SSSR count). The first-order valence-corrected chi connectivity index (χ1v) is 9.20. The van der Waals surface area contributed by atoms with E-state index in [2.05, 4.69) is 25.9 Å². The Balaban J connectivity index is 1.98. The Morgan fingerprint density at radius 2 is 1.56 bits per heavy atom. The topological polar surface area (TPSA) is 74.2 Å². The first kappa shape index (κ1) is 20.6. The second-order valence-corrected chi connectivity index (χ2v) is 6.67. The maximum atomic E-state index is 12.3. The highest BCUT2D eigenvalue weighted by Gasteiger charge is 2.25. The number of nitrogens with zero attached hydrogens (tertiary/aromatic N) is 1. The Labute approximate surface area is 166 Å². The molecule has 0 unspecified atom stereocenters. The molecule has 0 aromatic heterocycles. The van der Waals surface area contributed by atoms with Gasteiger partial charge in [-0.1, -0.05) is 57.5 Å². The molecule has 0 amide bonds. The van der Waals surface area contributed by atoms with Gasteiger partial charge in [0.2, 0.25) is 0 Å². The SMILES string of the molecule is CO/N=C/C[C@H](OC(=O)c1ccccc1)[C@@H](Br)COC(=O)c1ccccc1. The maximum absolute atomic E-state index is 12.3. The van der Waals surface area contributed by atoms with Crippen LogP contribution in [0.3, 0.4) is 0 Å². The lowest BCUT2D eigenvalue weighted by Crippen LogP contribution is -2.32. The van der Waals surface area contributed by atoms with Gasteiger partial charge in [-0.05, 0) is 24.3 Å². The molecule has 0 heterocycles. The van der Waals surface area contributed by atoms with Crippen LogP contribution in [0.15, 0.2) is 65.8 Å². The molecule has 0 fully saturated rings. The van der Waals surface area contributed by atoms with Crippen LogP contribution in [0.4, 0.5) is 0 Å². The van der Waals surface area contributed by atoms with Gasteiger partial charge in [0.25, 0.3) is 0 Å². The lowest BCUT2D eigenvalue weighted by atomic mass is 10.2. The predicted molar refractivity (Wildman–Crippen MR) is 105 cm³/mol. The summed E-state index contributed by atoms with van der Waals surface area (Å²) in [6.07, 6.45) is 1.20. The Kier molecular flexibility index (Phi) is 8.51. The Morgan fingerprint density at radius 1 is 1.00 bits per heavy atom. The first-order chi connectivity index (χ1) is 13.1. The van der Waals surface area contributed by atoms with Crippen LogP contribution < -0.4 is 0 Å². The van der Waals surface area contributed by atoms with Crippen LogP contribution in [0.1, 0.15) is 27.1 Å². The number of carbonyl (C=O) groups excluding carboxylic acids is 2. The molecule has 0 saturated heterocycles. The third-order valence-electron chi connectivity index (χ3n) is 3.57. The zero-order valence-corrected chi connectivity index (χ0v) is 16.4.